The molecule has 1 fully saturated rings. The Morgan fingerprint density at radius 1 is 1.04 bits per heavy atom. The van der Waals surface area contributed by atoms with Gasteiger partial charge in [0.1, 0.15) is 0 Å². The Morgan fingerprint density at radius 3 is 2.36 bits per heavy atom. The van der Waals surface area contributed by atoms with E-state index in [-0.39, 0.29) is 5.91 Å². The zero-order chi connectivity index (χ0) is 17.7. The lowest BCUT2D eigenvalue weighted by Gasteiger charge is -2.22. The lowest BCUT2D eigenvalue weighted by molar-refractivity contribution is -0.180. The number of hydrogen-bond donors (Lipinski definition) is 0. The van der Waals surface area contributed by atoms with Crippen LogP contribution in [-0.4, -0.2) is 25.7 Å². The first-order chi connectivity index (χ1) is 12.2. The second-order valence-electron chi connectivity index (χ2n) is 6.91. The Hall–Kier alpha value is -0.910. The molecule has 25 heavy (non-hydrogen) atoms. The second-order valence-corrected chi connectivity index (χ2v) is 7.82. The van der Waals surface area contributed by atoms with Crippen molar-refractivity contribution in [2.75, 3.05) is 24.7 Å². The molecule has 2 aliphatic heterocycles. The lowest BCUT2D eigenvalue weighted by atomic mass is 10.1. The predicted octanol–water partition coefficient (Wildman–Crippen LogP) is 5.14. The number of carbonyl (C=O) groups excluding carboxylic acids is 1. The van der Waals surface area contributed by atoms with Crippen molar-refractivity contribution in [1.82, 2.24) is 0 Å². The Bertz CT molecular complexity index is 599. The maximum Gasteiger partial charge on any atom is 0.292 e. The van der Waals surface area contributed by atoms with E-state index in [9.17, 15) is 4.79 Å². The molecular formula is C20H28BrNO3. The first-order valence-electron chi connectivity index (χ1n) is 9.59. The van der Waals surface area contributed by atoms with Crippen molar-refractivity contribution < 1.29 is 14.3 Å². The van der Waals surface area contributed by atoms with E-state index in [0.717, 1.165) is 35.1 Å². The number of hydrogen-bond acceptors (Lipinski definition) is 3. The molecule has 1 spiro atoms. The number of nitrogens with zero attached hydrogens (tertiary/aromatic N) is 1. The average Bonchev–Trinajstić information content (AvgIpc) is 3.18. The smallest absolute Gasteiger partial charge is 0.292 e. The number of carbonyl (C=O) groups is 1. The number of halogens is 1. The molecule has 1 saturated heterocycles. The molecule has 3 rings (SSSR count). The molecule has 1 amide bonds. The standard InChI is InChI=1S/C20H28BrNO3/c1-2-3-4-5-6-7-8-9-12-22-18-11-10-16(21)15-17(18)20(19(22)23)24-13-14-25-20/h10-11,15H,2-9,12-14H2,1H3. The summed E-state index contributed by atoms with van der Waals surface area (Å²) < 4.78 is 12.5. The van der Waals surface area contributed by atoms with Gasteiger partial charge in [-0.2, -0.15) is 0 Å². The molecule has 1 aromatic rings. The summed E-state index contributed by atoms with van der Waals surface area (Å²) in [5.41, 5.74) is 1.77. The molecule has 0 unspecified atom stereocenters. The van der Waals surface area contributed by atoms with E-state index in [0.29, 0.717) is 13.2 Å². The van der Waals surface area contributed by atoms with Crippen LogP contribution in [0.2, 0.25) is 0 Å². The van der Waals surface area contributed by atoms with Gasteiger partial charge in [-0.05, 0) is 24.6 Å². The molecule has 4 nitrogen and oxygen atoms in total. The minimum atomic E-state index is -1.21. The van der Waals surface area contributed by atoms with Gasteiger partial charge >= 0.3 is 0 Å². The summed E-state index contributed by atoms with van der Waals surface area (Å²) in [6.07, 6.45) is 10.0. The van der Waals surface area contributed by atoms with Crippen molar-refractivity contribution in [3.63, 3.8) is 0 Å². The van der Waals surface area contributed by atoms with Gasteiger partial charge in [-0.1, -0.05) is 67.8 Å². The largest absolute Gasteiger partial charge is 0.336 e. The summed E-state index contributed by atoms with van der Waals surface area (Å²) in [6, 6.07) is 5.91. The van der Waals surface area contributed by atoms with E-state index in [4.69, 9.17) is 9.47 Å². The topological polar surface area (TPSA) is 38.8 Å². The summed E-state index contributed by atoms with van der Waals surface area (Å²) >= 11 is 3.49. The maximum atomic E-state index is 13.0. The van der Waals surface area contributed by atoms with Gasteiger partial charge in [0, 0.05) is 16.6 Å². The second kappa shape index (κ2) is 8.65. The molecule has 2 heterocycles. The van der Waals surface area contributed by atoms with Crippen molar-refractivity contribution in [1.29, 1.82) is 0 Å². The molecule has 0 N–H and O–H groups in total. The summed E-state index contributed by atoms with van der Waals surface area (Å²) in [5.74, 6) is -1.28. The summed E-state index contributed by atoms with van der Waals surface area (Å²) in [5, 5.41) is 0. The van der Waals surface area contributed by atoms with Crippen LogP contribution in [0.3, 0.4) is 0 Å². The SMILES string of the molecule is CCCCCCCCCCN1C(=O)C2(OCCO2)c2cc(Br)ccc21. The summed E-state index contributed by atoms with van der Waals surface area (Å²) in [6.45, 7) is 3.90. The normalized spacial score (nSPS) is 18.3. The van der Waals surface area contributed by atoms with E-state index in [2.05, 4.69) is 22.9 Å². The predicted molar refractivity (Wildman–Crippen MR) is 103 cm³/mol. The van der Waals surface area contributed by atoms with E-state index in [1.54, 1.807) is 0 Å². The first kappa shape index (κ1) is 18.9. The number of benzene rings is 1. The highest BCUT2D eigenvalue weighted by molar-refractivity contribution is 9.10. The Labute approximate surface area is 159 Å². The third-order valence-electron chi connectivity index (χ3n) is 5.06. The van der Waals surface area contributed by atoms with Crippen LogP contribution < -0.4 is 4.90 Å². The molecular weight excluding hydrogens is 382 g/mol. The Balaban J connectivity index is 1.57. The van der Waals surface area contributed by atoms with Gasteiger partial charge in [0.25, 0.3) is 11.7 Å². The molecule has 0 saturated carbocycles. The zero-order valence-electron chi connectivity index (χ0n) is 15.1. The number of rotatable bonds is 9. The van der Waals surface area contributed by atoms with Gasteiger partial charge in [0.2, 0.25) is 0 Å². The molecule has 0 aromatic heterocycles. The van der Waals surface area contributed by atoms with Gasteiger partial charge in [-0.3, -0.25) is 4.79 Å². The fourth-order valence-electron chi connectivity index (χ4n) is 3.73. The fraction of sp³-hybridized carbons (Fsp3) is 0.650. The van der Waals surface area contributed by atoms with Crippen molar-refractivity contribution in [2.24, 2.45) is 0 Å². The molecule has 2 aliphatic rings. The van der Waals surface area contributed by atoms with E-state index < -0.39 is 5.79 Å². The Kier molecular flexibility index (Phi) is 6.53. The molecule has 0 bridgehead atoms. The number of unbranched alkanes of at least 4 members (excludes halogenated alkanes) is 7. The van der Waals surface area contributed by atoms with Crippen molar-refractivity contribution >= 4 is 27.5 Å². The Morgan fingerprint density at radius 2 is 1.68 bits per heavy atom. The highest BCUT2D eigenvalue weighted by atomic mass is 79.9. The number of ether oxygens (including phenoxy) is 2. The minimum Gasteiger partial charge on any atom is -0.336 e. The van der Waals surface area contributed by atoms with Gasteiger partial charge in [-0.25, -0.2) is 0 Å². The van der Waals surface area contributed by atoms with Gasteiger partial charge in [-0.15, -0.1) is 0 Å². The molecule has 5 heteroatoms. The highest BCUT2D eigenvalue weighted by Crippen LogP contribution is 2.46. The third kappa shape index (κ3) is 3.93. The quantitative estimate of drug-likeness (QED) is 0.530. The molecule has 138 valence electrons. The minimum absolute atomic E-state index is 0.0685. The maximum absolute atomic E-state index is 13.0. The van der Waals surface area contributed by atoms with Gasteiger partial charge in [0.15, 0.2) is 0 Å². The van der Waals surface area contributed by atoms with Crippen molar-refractivity contribution in [2.45, 2.75) is 64.1 Å². The first-order valence-corrected chi connectivity index (χ1v) is 10.4. The van der Waals surface area contributed by atoms with E-state index in [1.807, 2.05) is 23.1 Å². The number of anilines is 1. The average molecular weight is 410 g/mol. The van der Waals surface area contributed by atoms with Crippen LogP contribution in [0.4, 0.5) is 5.69 Å². The van der Waals surface area contributed by atoms with Crippen molar-refractivity contribution in [3.05, 3.63) is 28.2 Å². The van der Waals surface area contributed by atoms with E-state index >= 15 is 0 Å². The van der Waals surface area contributed by atoms with Gasteiger partial charge < -0.3 is 14.4 Å². The van der Waals surface area contributed by atoms with Crippen LogP contribution in [0.15, 0.2) is 22.7 Å². The highest BCUT2D eigenvalue weighted by Gasteiger charge is 2.55. The van der Waals surface area contributed by atoms with Crippen LogP contribution in [0, 0.1) is 0 Å². The lowest BCUT2D eigenvalue weighted by Crippen LogP contribution is -2.41. The summed E-state index contributed by atoms with van der Waals surface area (Å²) in [4.78, 5) is 14.8. The zero-order valence-corrected chi connectivity index (χ0v) is 16.6. The monoisotopic (exact) mass is 409 g/mol. The van der Waals surface area contributed by atoms with Crippen molar-refractivity contribution in [3.8, 4) is 0 Å². The molecule has 1 aromatic carbocycles. The number of amides is 1. The number of fused-ring (bicyclic) bond motifs is 2. The molecule has 0 atom stereocenters. The van der Waals surface area contributed by atoms with Crippen LogP contribution >= 0.6 is 15.9 Å². The molecule has 0 aliphatic carbocycles. The van der Waals surface area contributed by atoms with Crippen LogP contribution in [-0.2, 0) is 20.1 Å². The third-order valence-corrected chi connectivity index (χ3v) is 5.55. The van der Waals surface area contributed by atoms with Crippen LogP contribution in [0.25, 0.3) is 0 Å². The molecule has 0 radical (unpaired) electrons. The fourth-order valence-corrected chi connectivity index (χ4v) is 4.09. The van der Waals surface area contributed by atoms with Crippen LogP contribution in [0.5, 0.6) is 0 Å². The van der Waals surface area contributed by atoms with Crippen LogP contribution in [0.1, 0.15) is 63.9 Å². The van der Waals surface area contributed by atoms with E-state index in [1.165, 1.54) is 38.5 Å². The van der Waals surface area contributed by atoms with Gasteiger partial charge in [0.05, 0.1) is 18.9 Å². The summed E-state index contributed by atoms with van der Waals surface area (Å²) in [7, 11) is 0.